The summed E-state index contributed by atoms with van der Waals surface area (Å²) in [5, 5.41) is 3.35. The number of hydrogen-bond donors (Lipinski definition) is 1. The molecule has 0 saturated carbocycles. The molecule has 0 bridgehead atoms. The summed E-state index contributed by atoms with van der Waals surface area (Å²) in [7, 11) is 0. The highest BCUT2D eigenvalue weighted by molar-refractivity contribution is 6.00. The van der Waals surface area contributed by atoms with Gasteiger partial charge in [0.1, 0.15) is 0 Å². The number of piperidine rings is 1. The summed E-state index contributed by atoms with van der Waals surface area (Å²) >= 11 is 0. The summed E-state index contributed by atoms with van der Waals surface area (Å²) < 4.78 is 0. The maximum absolute atomic E-state index is 12.7. The number of ketones is 1. The molecule has 0 radical (unpaired) electrons. The van der Waals surface area contributed by atoms with Crippen molar-refractivity contribution in [3.8, 4) is 0 Å². The maximum Gasteiger partial charge on any atom is 0.170 e. The molecule has 1 heterocycles. The first-order valence-corrected chi connectivity index (χ1v) is 7.36. The van der Waals surface area contributed by atoms with Gasteiger partial charge >= 0.3 is 0 Å². The van der Waals surface area contributed by atoms with E-state index in [9.17, 15) is 4.79 Å². The topological polar surface area (TPSA) is 29.1 Å². The summed E-state index contributed by atoms with van der Waals surface area (Å²) in [6.45, 7) is 8.36. The molecule has 104 valence electrons. The van der Waals surface area contributed by atoms with Crippen molar-refractivity contribution in [3.05, 3.63) is 35.4 Å². The van der Waals surface area contributed by atoms with E-state index >= 15 is 0 Å². The minimum Gasteiger partial charge on any atom is -0.316 e. The predicted molar refractivity (Wildman–Crippen MR) is 79.5 cm³/mol. The smallest absolute Gasteiger partial charge is 0.170 e. The standard InChI is InChI=1S/C17H25NO/c1-13(2)10-14-6-4-7-15(11-14)16(19)17(3)8-5-9-18-12-17/h4,6-7,11,13,18H,5,8-10,12H2,1-3H3. The van der Waals surface area contributed by atoms with Crippen molar-refractivity contribution in [1.82, 2.24) is 5.32 Å². The van der Waals surface area contributed by atoms with Crippen LogP contribution in [0.1, 0.15) is 49.5 Å². The van der Waals surface area contributed by atoms with E-state index in [0.29, 0.717) is 11.7 Å². The first-order valence-electron chi connectivity index (χ1n) is 7.36. The molecule has 2 nitrogen and oxygen atoms in total. The van der Waals surface area contributed by atoms with Crippen LogP contribution in [0.5, 0.6) is 0 Å². The molecule has 0 spiro atoms. The number of carbonyl (C=O) groups excluding carboxylic acids is 1. The summed E-state index contributed by atoms with van der Waals surface area (Å²) in [5.41, 5.74) is 1.92. The minimum atomic E-state index is -0.227. The fraction of sp³-hybridized carbons (Fsp3) is 0.588. The number of benzene rings is 1. The second kappa shape index (κ2) is 5.87. The second-order valence-corrected chi connectivity index (χ2v) is 6.47. The zero-order valence-corrected chi connectivity index (χ0v) is 12.3. The van der Waals surface area contributed by atoms with E-state index in [2.05, 4.69) is 38.2 Å². The number of hydrogen-bond acceptors (Lipinski definition) is 2. The predicted octanol–water partition coefficient (Wildman–Crippen LogP) is 3.46. The molecule has 1 aromatic rings. The van der Waals surface area contributed by atoms with E-state index in [1.54, 1.807) is 0 Å². The van der Waals surface area contributed by atoms with Crippen molar-refractivity contribution in [2.75, 3.05) is 13.1 Å². The van der Waals surface area contributed by atoms with Gasteiger partial charge < -0.3 is 5.32 Å². The molecule has 1 unspecified atom stereocenters. The van der Waals surface area contributed by atoms with Gasteiger partial charge in [0.2, 0.25) is 0 Å². The van der Waals surface area contributed by atoms with Gasteiger partial charge in [-0.25, -0.2) is 0 Å². The third kappa shape index (κ3) is 3.44. The van der Waals surface area contributed by atoms with Gasteiger partial charge in [0.15, 0.2) is 5.78 Å². The fourth-order valence-electron chi connectivity index (χ4n) is 2.91. The van der Waals surface area contributed by atoms with E-state index in [0.717, 1.165) is 37.9 Å². The van der Waals surface area contributed by atoms with Crippen molar-refractivity contribution in [2.45, 2.75) is 40.0 Å². The maximum atomic E-state index is 12.7. The Balaban J connectivity index is 2.18. The molecule has 2 heteroatoms. The van der Waals surface area contributed by atoms with E-state index in [-0.39, 0.29) is 5.41 Å². The van der Waals surface area contributed by atoms with Crippen LogP contribution in [-0.2, 0) is 6.42 Å². The zero-order valence-electron chi connectivity index (χ0n) is 12.3. The molecule has 2 rings (SSSR count). The Morgan fingerprint density at radius 1 is 1.42 bits per heavy atom. The largest absolute Gasteiger partial charge is 0.316 e. The van der Waals surface area contributed by atoms with E-state index in [1.807, 2.05) is 12.1 Å². The quantitative estimate of drug-likeness (QED) is 0.839. The van der Waals surface area contributed by atoms with Gasteiger partial charge in [-0.05, 0) is 43.4 Å². The van der Waals surface area contributed by atoms with Crippen molar-refractivity contribution >= 4 is 5.78 Å². The van der Waals surface area contributed by atoms with Crippen molar-refractivity contribution in [3.63, 3.8) is 0 Å². The van der Waals surface area contributed by atoms with E-state index in [1.165, 1.54) is 5.56 Å². The zero-order chi connectivity index (χ0) is 13.9. The minimum absolute atomic E-state index is 0.227. The Morgan fingerprint density at radius 3 is 2.84 bits per heavy atom. The van der Waals surface area contributed by atoms with Gasteiger partial charge in [-0.3, -0.25) is 4.79 Å². The summed E-state index contributed by atoms with van der Waals surface area (Å²) in [5.74, 6) is 0.919. The fourth-order valence-corrected chi connectivity index (χ4v) is 2.91. The van der Waals surface area contributed by atoms with Crippen molar-refractivity contribution in [1.29, 1.82) is 0 Å². The highest BCUT2D eigenvalue weighted by Gasteiger charge is 2.35. The molecule has 1 atom stereocenters. The Bertz CT molecular complexity index is 444. The molecule has 1 N–H and O–H groups in total. The molecular formula is C17H25NO. The van der Waals surface area contributed by atoms with Crippen LogP contribution in [0.15, 0.2) is 24.3 Å². The molecule has 0 aromatic heterocycles. The van der Waals surface area contributed by atoms with Crippen LogP contribution in [0.25, 0.3) is 0 Å². The summed E-state index contributed by atoms with van der Waals surface area (Å²) in [6, 6.07) is 8.19. The van der Waals surface area contributed by atoms with Crippen LogP contribution in [-0.4, -0.2) is 18.9 Å². The summed E-state index contributed by atoms with van der Waals surface area (Å²) in [4.78, 5) is 12.7. The van der Waals surface area contributed by atoms with Gasteiger partial charge in [0.05, 0.1) is 0 Å². The second-order valence-electron chi connectivity index (χ2n) is 6.47. The molecule has 1 saturated heterocycles. The van der Waals surface area contributed by atoms with Crippen LogP contribution in [0, 0.1) is 11.3 Å². The van der Waals surface area contributed by atoms with Crippen molar-refractivity contribution < 1.29 is 4.79 Å². The number of carbonyl (C=O) groups is 1. The van der Waals surface area contributed by atoms with Gasteiger partial charge in [0, 0.05) is 17.5 Å². The lowest BCUT2D eigenvalue weighted by Gasteiger charge is -2.32. The van der Waals surface area contributed by atoms with E-state index < -0.39 is 0 Å². The Labute approximate surface area is 116 Å². The SMILES string of the molecule is CC(C)Cc1cccc(C(=O)C2(C)CCCNC2)c1. The van der Waals surface area contributed by atoms with Crippen LogP contribution in [0.3, 0.4) is 0 Å². The average Bonchev–Trinajstić information content (AvgIpc) is 2.38. The van der Waals surface area contributed by atoms with Gasteiger partial charge in [-0.15, -0.1) is 0 Å². The third-order valence-electron chi connectivity index (χ3n) is 3.98. The molecule has 1 aliphatic rings. The Kier molecular flexibility index (Phi) is 4.41. The molecule has 0 aliphatic carbocycles. The number of rotatable bonds is 4. The van der Waals surface area contributed by atoms with Crippen molar-refractivity contribution in [2.24, 2.45) is 11.3 Å². The van der Waals surface area contributed by atoms with Gasteiger partial charge in [-0.1, -0.05) is 39.0 Å². The molecule has 1 aliphatic heterocycles. The lowest BCUT2D eigenvalue weighted by atomic mass is 9.76. The Hall–Kier alpha value is -1.15. The molecule has 1 aromatic carbocycles. The van der Waals surface area contributed by atoms with Gasteiger partial charge in [0.25, 0.3) is 0 Å². The highest BCUT2D eigenvalue weighted by atomic mass is 16.1. The lowest BCUT2D eigenvalue weighted by Crippen LogP contribution is -2.43. The van der Waals surface area contributed by atoms with Crippen LogP contribution in [0.2, 0.25) is 0 Å². The van der Waals surface area contributed by atoms with E-state index in [4.69, 9.17) is 0 Å². The van der Waals surface area contributed by atoms with Crippen LogP contribution >= 0.6 is 0 Å². The normalized spacial score (nSPS) is 23.6. The van der Waals surface area contributed by atoms with Crippen LogP contribution in [0.4, 0.5) is 0 Å². The average molecular weight is 259 g/mol. The summed E-state index contributed by atoms with van der Waals surface area (Å²) in [6.07, 6.45) is 3.12. The molecular weight excluding hydrogens is 234 g/mol. The first kappa shape index (κ1) is 14.3. The molecule has 19 heavy (non-hydrogen) atoms. The Morgan fingerprint density at radius 2 is 2.21 bits per heavy atom. The monoisotopic (exact) mass is 259 g/mol. The molecule has 1 fully saturated rings. The lowest BCUT2D eigenvalue weighted by molar-refractivity contribution is 0.0773. The number of Topliss-reactive ketones (excluding diaryl/α,β-unsaturated/α-hetero) is 1. The number of nitrogens with one attached hydrogen (secondary N) is 1. The highest BCUT2D eigenvalue weighted by Crippen LogP contribution is 2.30. The van der Waals surface area contributed by atoms with Gasteiger partial charge in [-0.2, -0.15) is 0 Å². The van der Waals surface area contributed by atoms with Crippen LogP contribution < -0.4 is 5.32 Å². The molecule has 0 amide bonds. The first-order chi connectivity index (χ1) is 9.01. The third-order valence-corrected chi connectivity index (χ3v) is 3.98.